The summed E-state index contributed by atoms with van der Waals surface area (Å²) in [7, 11) is -6.00. The van der Waals surface area contributed by atoms with E-state index in [2.05, 4.69) is 204 Å². The maximum Gasteiger partial charge on any atom is 1.00 e. The van der Waals surface area contributed by atoms with Gasteiger partial charge in [0.05, 0.1) is 35.4 Å². The normalized spacial score (nSPS) is 17.9. The SMILES string of the molecule is C.C.CC(C)(C)[Si](C)(C)Cl.CC(C)(C)[Si](C)(C)OCCCI.CC(C)(C)[Si](C)(C)OCCCO.CC1=C(Br)C(=O)CC1.CC1=C(Br)C2(CC1)OCCO2.CC1=C(CCCO[Si](C)(C)C(C)(C)C)C2(CC1)OCCO2.CC1=CC(=O)CC1.N.OCCCO.[H-].[K+]. The first-order valence-corrected chi connectivity index (χ1v) is 46.7. The topological polar surface area (TPSA) is 194 Å². The van der Waals surface area contributed by atoms with Crippen molar-refractivity contribution in [3.63, 3.8) is 0 Å². The van der Waals surface area contributed by atoms with E-state index in [4.69, 9.17) is 58.6 Å². The molecule has 13 nitrogen and oxygen atoms in total. The van der Waals surface area contributed by atoms with Crippen molar-refractivity contribution in [1.29, 1.82) is 0 Å². The molecule has 522 valence electrons. The second kappa shape index (κ2) is 47.4. The Morgan fingerprint density at radius 2 is 0.920 bits per heavy atom. The number of rotatable bonds is 15. The Morgan fingerprint density at radius 3 is 1.17 bits per heavy atom. The molecule has 0 radical (unpaired) electrons. The summed E-state index contributed by atoms with van der Waals surface area (Å²) in [6.45, 7) is 59.2. The van der Waals surface area contributed by atoms with Crippen molar-refractivity contribution in [3.8, 4) is 0 Å². The van der Waals surface area contributed by atoms with Crippen LogP contribution in [0, 0.1) is 0 Å². The number of halogens is 4. The first-order valence-electron chi connectivity index (χ1n) is 30.9. The van der Waals surface area contributed by atoms with Crippen LogP contribution in [0.2, 0.25) is 72.5 Å². The molecule has 0 aromatic rings. The Hall–Kier alpha value is 2.34. The molecule has 0 aromatic carbocycles. The Labute approximate surface area is 625 Å². The van der Waals surface area contributed by atoms with Gasteiger partial charge in [0.2, 0.25) is 5.79 Å². The summed E-state index contributed by atoms with van der Waals surface area (Å²) < 4.78 is 44.1. The first-order chi connectivity index (χ1) is 38.2. The van der Waals surface area contributed by atoms with Crippen molar-refractivity contribution in [3.05, 3.63) is 42.9 Å². The van der Waals surface area contributed by atoms with E-state index in [0.717, 1.165) is 113 Å². The second-order valence-corrected chi connectivity index (χ2v) is 53.2. The van der Waals surface area contributed by atoms with Crippen LogP contribution >= 0.6 is 65.5 Å². The van der Waals surface area contributed by atoms with Gasteiger partial charge in [-0.2, -0.15) is 11.1 Å². The maximum atomic E-state index is 10.7. The van der Waals surface area contributed by atoms with Gasteiger partial charge in [-0.3, -0.25) is 9.59 Å². The van der Waals surface area contributed by atoms with Gasteiger partial charge in [-0.1, -0.05) is 156 Å². The summed E-state index contributed by atoms with van der Waals surface area (Å²) in [5.41, 5.74) is 6.62. The molecule has 4 aliphatic carbocycles. The molecular weight excluding hydrogens is 1470 g/mol. The van der Waals surface area contributed by atoms with Crippen LogP contribution in [0.15, 0.2) is 42.9 Å². The zero-order valence-corrected chi connectivity index (χ0v) is 72.5. The third-order valence-corrected chi connectivity index (χ3v) is 39.5. The molecule has 6 N–H and O–H groups in total. The van der Waals surface area contributed by atoms with Gasteiger partial charge < -0.3 is 55.1 Å². The Balaban J connectivity index is -0.000000177. The first kappa shape index (κ1) is 101. The van der Waals surface area contributed by atoms with E-state index in [1.165, 1.54) is 38.7 Å². The van der Waals surface area contributed by atoms with E-state index in [9.17, 15) is 9.59 Å². The monoisotopic (exact) mass is 1610 g/mol. The standard InChI is InChI=1S/C17H32O3Si.C9H21IOSi.C9H22O2Si.C8H11BrO2.C6H7BrO.C6H15ClSi.C6H8O.C3H8O2.2CH4.K.H3N.H/c1-14-9-10-17(18-12-13-19-17)15(14)8-7-11-20-21(5,6)16(2,3)4;2*1-9(2,3)12(4,5)11-8-6-7-10;1-6-2-3-8(7(6)9)10-4-5-11-8;1-4-2-3-5(8)6(4)7;1-6(2,3)8(4,5)7;1-5-2-3-6(7)4-5;4-2-1-3-5;;;;;/h7-13H2,1-6H3;6-8H2,1-5H3;10H,6-8H2,1-5H3;2-5H2,1H3;2-3H2,1H3;1-5H3;4H,2-3H2,1H3;4-5H,1-3H2;2*1H4;;1H3;/q;;;;;;;;;;+1;;-1. The van der Waals surface area contributed by atoms with Gasteiger partial charge in [0.15, 0.2) is 49.7 Å². The van der Waals surface area contributed by atoms with Gasteiger partial charge >= 0.3 is 51.4 Å². The van der Waals surface area contributed by atoms with Crippen molar-refractivity contribution in [1.82, 2.24) is 6.15 Å². The van der Waals surface area contributed by atoms with Gasteiger partial charge in [0.1, 0.15) is 0 Å². The molecule has 2 fully saturated rings. The van der Waals surface area contributed by atoms with Crippen LogP contribution < -0.4 is 57.5 Å². The Bertz CT molecular complexity index is 2030. The summed E-state index contributed by atoms with van der Waals surface area (Å²) in [5.74, 6) is -0.217. The summed E-state index contributed by atoms with van der Waals surface area (Å²) in [5, 5.41) is 25.7. The second-order valence-electron chi connectivity index (χ2n) is 28.8. The van der Waals surface area contributed by atoms with Crippen LogP contribution in [-0.2, 0) is 41.8 Å². The fourth-order valence-corrected chi connectivity index (χ4v) is 11.9. The van der Waals surface area contributed by atoms with E-state index >= 15 is 0 Å². The van der Waals surface area contributed by atoms with Gasteiger partial charge in [0, 0.05) is 69.8 Å². The van der Waals surface area contributed by atoms with Gasteiger partial charge in [-0.15, -0.1) is 0 Å². The number of alkyl halides is 1. The van der Waals surface area contributed by atoms with Crippen LogP contribution in [-0.4, -0.2) is 141 Å². The number of allylic oxidation sites excluding steroid dienone is 6. The molecule has 0 amide bonds. The number of aliphatic hydroxyl groups excluding tert-OH is 3. The van der Waals surface area contributed by atoms with E-state index in [1.54, 1.807) is 6.08 Å². The number of Topliss-reactive ketones (excluding diaryl/α,β-unsaturated/α-hetero) is 1. The quantitative estimate of drug-likeness (QED) is 0.0302. The molecule has 0 saturated carbocycles. The number of ketones is 2. The van der Waals surface area contributed by atoms with Crippen molar-refractivity contribution >= 4 is 109 Å². The molecular formula is C66H136Br2ClIKNO12Si4. The number of carbonyl (C=O) groups is 2. The van der Waals surface area contributed by atoms with Gasteiger partial charge in [-0.05, 0) is 188 Å². The van der Waals surface area contributed by atoms with Gasteiger partial charge in [-0.25, -0.2) is 0 Å². The third-order valence-electron chi connectivity index (χ3n) is 17.4. The molecule has 2 saturated heterocycles. The largest absolute Gasteiger partial charge is 1.00 e. The van der Waals surface area contributed by atoms with E-state index in [1.807, 2.05) is 13.8 Å². The average Bonchev–Trinajstić information content (AvgIpc) is 4.47. The summed E-state index contributed by atoms with van der Waals surface area (Å²) in [6, 6.07) is 0. The number of ether oxygens (including phenoxy) is 4. The average molecular weight is 1610 g/mol. The molecule has 6 rings (SSSR count). The molecule has 0 unspecified atom stereocenters. The van der Waals surface area contributed by atoms with Crippen LogP contribution in [0.1, 0.15) is 211 Å². The molecule has 6 aliphatic rings. The zero-order chi connectivity index (χ0) is 65.8. The van der Waals surface area contributed by atoms with Crippen LogP contribution in [0.3, 0.4) is 0 Å². The molecule has 0 atom stereocenters. The van der Waals surface area contributed by atoms with E-state index in [0.29, 0.717) is 29.5 Å². The molecule has 2 spiro atoms. The minimum absolute atomic E-state index is 0. The fourth-order valence-electron chi connectivity index (χ4n) is 7.35. The van der Waals surface area contributed by atoms with Crippen molar-refractivity contribution in [2.75, 3.05) is 70.5 Å². The van der Waals surface area contributed by atoms with Crippen LogP contribution in [0.25, 0.3) is 0 Å². The smallest absolute Gasteiger partial charge is 1.00 e. The minimum Gasteiger partial charge on any atom is -1.00 e. The van der Waals surface area contributed by atoms with Crippen LogP contribution in [0.4, 0.5) is 0 Å². The van der Waals surface area contributed by atoms with E-state index in [-0.39, 0.29) is 127 Å². The van der Waals surface area contributed by atoms with E-state index < -0.39 is 32.3 Å². The Kier molecular flexibility index (Phi) is 54.6. The predicted molar refractivity (Wildman–Crippen MR) is 401 cm³/mol. The van der Waals surface area contributed by atoms with Crippen molar-refractivity contribution < 1.29 is 110 Å². The molecule has 2 heterocycles. The zero-order valence-electron chi connectivity index (χ0n) is 60.3. The maximum absolute atomic E-state index is 10.7. The Morgan fingerprint density at radius 1 is 0.557 bits per heavy atom. The number of hydrogen-bond donors (Lipinski definition) is 4. The number of carbonyl (C=O) groups excluding carboxylic acids is 2. The molecule has 0 aromatic heterocycles. The summed E-state index contributed by atoms with van der Waals surface area (Å²) >= 11 is 15.3. The number of hydrogen-bond acceptors (Lipinski definition) is 13. The molecule has 0 bridgehead atoms. The molecule has 2 aliphatic heterocycles. The third kappa shape index (κ3) is 38.5. The minimum atomic E-state index is -1.62. The molecule has 22 heteroatoms. The number of aliphatic hydroxyl groups is 3. The summed E-state index contributed by atoms with van der Waals surface area (Å²) in [6.07, 6.45) is 13.8. The van der Waals surface area contributed by atoms with Gasteiger partial charge in [0.25, 0.3) is 0 Å². The molecule has 88 heavy (non-hydrogen) atoms. The predicted octanol–water partition coefficient (Wildman–Crippen LogP) is 17.5. The van der Waals surface area contributed by atoms with Crippen LogP contribution in [0.5, 0.6) is 0 Å². The summed E-state index contributed by atoms with van der Waals surface area (Å²) in [4.78, 5) is 21.1. The van der Waals surface area contributed by atoms with Crippen molar-refractivity contribution in [2.45, 2.75) is 293 Å². The van der Waals surface area contributed by atoms with Crippen molar-refractivity contribution in [2.24, 2.45) is 0 Å². The fraction of sp³-hybridized carbons (Fsp3) is 0.848.